The fourth-order valence-corrected chi connectivity index (χ4v) is 3.01. The van der Waals surface area contributed by atoms with E-state index in [1.54, 1.807) is 66.9 Å². The molecule has 0 aliphatic rings. The van der Waals surface area contributed by atoms with Gasteiger partial charge in [-0.05, 0) is 42.5 Å². The topological polar surface area (TPSA) is 69.4 Å². The summed E-state index contributed by atoms with van der Waals surface area (Å²) in [5, 5.41) is 0.742. The molecule has 6 heteroatoms. The van der Waals surface area contributed by atoms with Gasteiger partial charge in [-0.2, -0.15) is 0 Å². The Morgan fingerprint density at radius 2 is 1.86 bits per heavy atom. The zero-order valence-electron chi connectivity index (χ0n) is 14.6. The van der Waals surface area contributed by atoms with E-state index in [0.717, 1.165) is 9.86 Å². The molecular formula is C22H14BrNO4. The molecule has 2 aromatic heterocycles. The number of rotatable bonds is 5. The Labute approximate surface area is 168 Å². The van der Waals surface area contributed by atoms with Crippen molar-refractivity contribution in [1.82, 2.24) is 4.98 Å². The van der Waals surface area contributed by atoms with E-state index < -0.39 is 5.63 Å². The number of carbonyl (C=O) groups excluding carboxylic acids is 1. The van der Waals surface area contributed by atoms with Crippen molar-refractivity contribution in [3.8, 4) is 17.0 Å². The largest absolute Gasteiger partial charge is 0.485 e. The van der Waals surface area contributed by atoms with Gasteiger partial charge >= 0.3 is 5.63 Å². The number of aromatic nitrogens is 1. The molecule has 2 aromatic carbocycles. The summed E-state index contributed by atoms with van der Waals surface area (Å²) in [5.74, 6) is 0.311. The number of nitrogens with zero attached hydrogens (tertiary/aromatic N) is 1. The number of ketones is 1. The van der Waals surface area contributed by atoms with Gasteiger partial charge in [-0.25, -0.2) is 4.79 Å². The monoisotopic (exact) mass is 435 g/mol. The number of pyridine rings is 1. The Balaban J connectivity index is 1.55. The van der Waals surface area contributed by atoms with Gasteiger partial charge < -0.3 is 9.15 Å². The van der Waals surface area contributed by atoms with Gasteiger partial charge in [0.05, 0.1) is 11.3 Å². The van der Waals surface area contributed by atoms with Gasteiger partial charge in [0.1, 0.15) is 11.3 Å². The molecule has 4 aromatic rings. The van der Waals surface area contributed by atoms with Crippen LogP contribution in [0.2, 0.25) is 0 Å². The molecule has 0 saturated carbocycles. The van der Waals surface area contributed by atoms with Crippen molar-refractivity contribution in [2.75, 3.05) is 6.61 Å². The highest BCUT2D eigenvalue weighted by atomic mass is 79.9. The molecule has 0 spiro atoms. The molecule has 2 heterocycles. The van der Waals surface area contributed by atoms with Gasteiger partial charge in [0, 0.05) is 27.7 Å². The minimum Gasteiger partial charge on any atom is -0.485 e. The second-order valence-electron chi connectivity index (χ2n) is 6.08. The summed E-state index contributed by atoms with van der Waals surface area (Å²) in [5.41, 5.74) is 1.42. The number of benzene rings is 2. The Hall–Kier alpha value is -3.25. The van der Waals surface area contributed by atoms with Crippen LogP contribution in [0.15, 0.2) is 86.6 Å². The Kier molecular flexibility index (Phi) is 5.04. The van der Waals surface area contributed by atoms with Crippen molar-refractivity contribution in [1.29, 1.82) is 0 Å². The number of hydrogen-bond donors (Lipinski definition) is 0. The van der Waals surface area contributed by atoms with Crippen LogP contribution in [0.3, 0.4) is 0 Å². The van der Waals surface area contributed by atoms with Gasteiger partial charge in [-0.15, -0.1) is 0 Å². The molecule has 0 aliphatic heterocycles. The van der Waals surface area contributed by atoms with Crippen molar-refractivity contribution < 1.29 is 13.9 Å². The molecule has 0 atom stereocenters. The first-order chi connectivity index (χ1) is 13.6. The van der Waals surface area contributed by atoms with E-state index in [1.807, 2.05) is 6.07 Å². The fourth-order valence-electron chi connectivity index (χ4n) is 2.75. The van der Waals surface area contributed by atoms with Crippen molar-refractivity contribution in [2.45, 2.75) is 0 Å². The van der Waals surface area contributed by atoms with Crippen LogP contribution < -0.4 is 10.4 Å². The van der Waals surface area contributed by atoms with E-state index in [4.69, 9.17) is 9.15 Å². The summed E-state index contributed by atoms with van der Waals surface area (Å²) < 4.78 is 11.9. The van der Waals surface area contributed by atoms with E-state index in [0.29, 0.717) is 28.2 Å². The quantitative estimate of drug-likeness (QED) is 0.330. The van der Waals surface area contributed by atoms with Crippen LogP contribution in [0, 0.1) is 0 Å². The minimum absolute atomic E-state index is 0.108. The molecule has 0 unspecified atom stereocenters. The van der Waals surface area contributed by atoms with Gasteiger partial charge in [-0.1, -0.05) is 34.1 Å². The Morgan fingerprint density at radius 3 is 2.61 bits per heavy atom. The number of ether oxygens (including phenoxy) is 1. The highest BCUT2D eigenvalue weighted by molar-refractivity contribution is 9.10. The number of Topliss-reactive ketones (excluding diaryl/α,β-unsaturated/α-hetero) is 1. The first-order valence-electron chi connectivity index (χ1n) is 8.51. The zero-order chi connectivity index (χ0) is 19.5. The molecule has 0 N–H and O–H groups in total. The van der Waals surface area contributed by atoms with Crippen LogP contribution in [0.25, 0.3) is 22.2 Å². The summed E-state index contributed by atoms with van der Waals surface area (Å²) in [6.07, 6.45) is 1.62. The van der Waals surface area contributed by atoms with E-state index in [-0.39, 0.29) is 12.4 Å². The summed E-state index contributed by atoms with van der Waals surface area (Å²) >= 11 is 3.34. The maximum Gasteiger partial charge on any atom is 0.345 e. The van der Waals surface area contributed by atoms with E-state index in [9.17, 15) is 9.59 Å². The molecule has 0 radical (unpaired) electrons. The Bertz CT molecular complexity index is 1200. The maximum absolute atomic E-state index is 12.3. The van der Waals surface area contributed by atoms with Gasteiger partial charge in [0.25, 0.3) is 0 Å². The molecule has 0 fully saturated rings. The summed E-state index contributed by atoms with van der Waals surface area (Å²) in [7, 11) is 0. The third-order valence-corrected chi connectivity index (χ3v) is 4.71. The molecule has 0 amide bonds. The molecule has 0 saturated heterocycles. The number of halogens is 1. The smallest absolute Gasteiger partial charge is 0.345 e. The van der Waals surface area contributed by atoms with Gasteiger partial charge in [0.15, 0.2) is 12.4 Å². The van der Waals surface area contributed by atoms with Crippen molar-refractivity contribution in [3.63, 3.8) is 0 Å². The lowest BCUT2D eigenvalue weighted by Gasteiger charge is -2.07. The van der Waals surface area contributed by atoms with Gasteiger partial charge in [0.2, 0.25) is 0 Å². The van der Waals surface area contributed by atoms with Crippen LogP contribution in [0.4, 0.5) is 0 Å². The normalized spacial score (nSPS) is 10.8. The van der Waals surface area contributed by atoms with Crippen LogP contribution >= 0.6 is 15.9 Å². The average molecular weight is 436 g/mol. The lowest BCUT2D eigenvalue weighted by atomic mass is 10.1. The summed E-state index contributed by atoms with van der Waals surface area (Å²) in [6, 6.07) is 19.3. The number of hydrogen-bond acceptors (Lipinski definition) is 5. The molecule has 28 heavy (non-hydrogen) atoms. The van der Waals surface area contributed by atoms with Crippen molar-refractivity contribution in [2.24, 2.45) is 0 Å². The number of carbonyl (C=O) groups is 1. The van der Waals surface area contributed by atoms with Crippen LogP contribution in [0.1, 0.15) is 10.4 Å². The molecule has 4 rings (SSSR count). The molecule has 0 bridgehead atoms. The van der Waals surface area contributed by atoms with Crippen LogP contribution in [-0.2, 0) is 0 Å². The third kappa shape index (κ3) is 3.87. The van der Waals surface area contributed by atoms with Crippen molar-refractivity contribution >= 4 is 32.7 Å². The average Bonchev–Trinajstić information content (AvgIpc) is 2.72. The molecule has 0 aliphatic carbocycles. The second kappa shape index (κ2) is 7.78. The van der Waals surface area contributed by atoms with E-state index >= 15 is 0 Å². The lowest BCUT2D eigenvalue weighted by Crippen LogP contribution is -2.11. The van der Waals surface area contributed by atoms with Crippen molar-refractivity contribution in [3.05, 3.63) is 93.4 Å². The minimum atomic E-state index is -0.478. The third-order valence-electron chi connectivity index (χ3n) is 4.18. The maximum atomic E-state index is 12.3. The Morgan fingerprint density at radius 1 is 1.04 bits per heavy atom. The number of fused-ring (bicyclic) bond motifs is 1. The second-order valence-corrected chi connectivity index (χ2v) is 7.00. The predicted octanol–water partition coefficient (Wildman–Crippen LogP) is 4.88. The first-order valence-corrected chi connectivity index (χ1v) is 9.30. The summed E-state index contributed by atoms with van der Waals surface area (Å²) in [6.45, 7) is -0.108. The van der Waals surface area contributed by atoms with E-state index in [2.05, 4.69) is 20.9 Å². The summed E-state index contributed by atoms with van der Waals surface area (Å²) in [4.78, 5) is 28.7. The highest BCUT2D eigenvalue weighted by Crippen LogP contribution is 2.23. The SMILES string of the molecule is O=C(COc1ccc2cc(-c3ccccn3)c(=O)oc2c1)c1ccc(Br)cc1. The first kappa shape index (κ1) is 18.1. The zero-order valence-corrected chi connectivity index (χ0v) is 16.2. The predicted molar refractivity (Wildman–Crippen MR) is 110 cm³/mol. The molecule has 138 valence electrons. The van der Waals surface area contributed by atoms with Crippen LogP contribution in [0.5, 0.6) is 5.75 Å². The van der Waals surface area contributed by atoms with Gasteiger partial charge in [-0.3, -0.25) is 9.78 Å². The van der Waals surface area contributed by atoms with E-state index in [1.165, 1.54) is 0 Å². The van der Waals surface area contributed by atoms with Crippen LogP contribution in [-0.4, -0.2) is 17.4 Å². The lowest BCUT2D eigenvalue weighted by molar-refractivity contribution is 0.0921. The fraction of sp³-hybridized carbons (Fsp3) is 0.0455. The standard InChI is InChI=1S/C22H14BrNO4/c23-16-7-4-14(5-8-16)20(25)13-27-17-9-6-15-11-18(19-3-1-2-10-24-19)22(26)28-21(15)12-17/h1-12H,13H2. The molecular weight excluding hydrogens is 422 g/mol. The molecule has 5 nitrogen and oxygen atoms in total. The highest BCUT2D eigenvalue weighted by Gasteiger charge is 2.11.